The number of carbonyl (C=O) groups is 1. The minimum atomic E-state index is -1.18. The molecule has 1 aliphatic heterocycles. The third-order valence-corrected chi connectivity index (χ3v) is 8.64. The summed E-state index contributed by atoms with van der Waals surface area (Å²) in [6.45, 7) is 11.2. The Morgan fingerprint density at radius 3 is 2.37 bits per heavy atom. The van der Waals surface area contributed by atoms with E-state index in [-0.39, 0.29) is 11.8 Å². The fourth-order valence-corrected chi connectivity index (χ4v) is 6.22. The highest BCUT2D eigenvalue weighted by atomic mass is 35.5. The molecule has 10 heteroatoms. The Hall–Kier alpha value is -3.85. The van der Waals surface area contributed by atoms with Crippen LogP contribution >= 0.6 is 23.2 Å². The highest BCUT2D eigenvalue weighted by molar-refractivity contribution is 6.33. The Balaban J connectivity index is 1.50. The number of aromatic nitrogens is 2. The van der Waals surface area contributed by atoms with Crippen molar-refractivity contribution in [2.24, 2.45) is 0 Å². The van der Waals surface area contributed by atoms with Gasteiger partial charge < -0.3 is 20.2 Å². The maximum Gasteiger partial charge on any atom is 0.413 e. The molecule has 0 radical (unpaired) electrons. The molecule has 1 saturated heterocycles. The van der Waals surface area contributed by atoms with Gasteiger partial charge in [0.1, 0.15) is 5.82 Å². The van der Waals surface area contributed by atoms with Crippen molar-refractivity contribution < 1.29 is 9.90 Å². The Kier molecular flexibility index (Phi) is 9.11. The van der Waals surface area contributed by atoms with E-state index in [4.69, 9.17) is 23.2 Å². The molecule has 2 unspecified atom stereocenters. The average molecular weight is 620 g/mol. The second-order valence-corrected chi connectivity index (χ2v) is 12.1. The lowest BCUT2D eigenvalue weighted by Gasteiger charge is -2.39. The van der Waals surface area contributed by atoms with Crippen LogP contribution in [0.3, 0.4) is 0 Å². The number of benzene rings is 3. The summed E-state index contributed by atoms with van der Waals surface area (Å²) in [6.07, 6.45) is 0.363. The van der Waals surface area contributed by atoms with E-state index in [0.717, 1.165) is 53.3 Å². The summed E-state index contributed by atoms with van der Waals surface area (Å²) in [5.41, 5.74) is 6.29. The Morgan fingerprint density at radius 1 is 1.02 bits per heavy atom. The van der Waals surface area contributed by atoms with Crippen molar-refractivity contribution in [1.29, 1.82) is 0 Å². The summed E-state index contributed by atoms with van der Waals surface area (Å²) in [5, 5.41) is 14.7. The van der Waals surface area contributed by atoms with Crippen molar-refractivity contribution in [1.82, 2.24) is 14.9 Å². The number of nitrogens with one attached hydrogen (secondary N) is 1. The van der Waals surface area contributed by atoms with Gasteiger partial charge in [0, 0.05) is 53.3 Å². The first-order valence-electron chi connectivity index (χ1n) is 14.2. The Bertz CT molecular complexity index is 1610. The van der Waals surface area contributed by atoms with E-state index in [9.17, 15) is 9.90 Å². The number of amides is 1. The quantitative estimate of drug-likeness (QED) is 0.218. The van der Waals surface area contributed by atoms with E-state index >= 15 is 0 Å². The van der Waals surface area contributed by atoms with Crippen molar-refractivity contribution in [3.05, 3.63) is 105 Å². The summed E-state index contributed by atoms with van der Waals surface area (Å²) >= 11 is 13.1. The molecule has 0 aliphatic carbocycles. The molecule has 1 amide bonds. The minimum absolute atomic E-state index is 0.202. The van der Waals surface area contributed by atoms with Gasteiger partial charge in [-0.05, 0) is 106 Å². The van der Waals surface area contributed by atoms with Gasteiger partial charge in [0.25, 0.3) is 0 Å². The van der Waals surface area contributed by atoms with Gasteiger partial charge in [-0.15, -0.1) is 0 Å². The molecule has 1 fully saturated rings. The number of nitrogens with zero attached hydrogens (tertiary/aromatic N) is 5. The van der Waals surface area contributed by atoms with Gasteiger partial charge in [0.05, 0.1) is 6.04 Å². The van der Waals surface area contributed by atoms with E-state index in [1.165, 1.54) is 4.90 Å². The number of aryl methyl sites for hydroxylation is 3. The van der Waals surface area contributed by atoms with Crippen LogP contribution in [0.2, 0.25) is 10.0 Å². The first-order valence-corrected chi connectivity index (χ1v) is 15.0. The maximum absolute atomic E-state index is 13.0. The van der Waals surface area contributed by atoms with Gasteiger partial charge in [-0.25, -0.2) is 14.7 Å². The van der Waals surface area contributed by atoms with Crippen molar-refractivity contribution in [2.45, 2.75) is 39.8 Å². The average Bonchev–Trinajstić information content (AvgIpc) is 2.95. The van der Waals surface area contributed by atoms with E-state index in [2.05, 4.69) is 51.2 Å². The molecule has 43 heavy (non-hydrogen) atoms. The molecule has 8 nitrogen and oxygen atoms in total. The molecule has 1 aromatic heterocycles. The third kappa shape index (κ3) is 6.72. The number of hydrogen-bond acceptors (Lipinski definition) is 6. The lowest BCUT2D eigenvalue weighted by atomic mass is 9.89. The molecule has 5 rings (SSSR count). The van der Waals surface area contributed by atoms with Crippen LogP contribution in [0.25, 0.3) is 0 Å². The second-order valence-electron chi connectivity index (χ2n) is 11.2. The Labute approximate surface area is 262 Å². The van der Waals surface area contributed by atoms with E-state index < -0.39 is 12.1 Å². The van der Waals surface area contributed by atoms with Crippen molar-refractivity contribution in [3.8, 4) is 0 Å². The second kappa shape index (κ2) is 12.8. The Morgan fingerprint density at radius 2 is 1.72 bits per heavy atom. The van der Waals surface area contributed by atoms with Crippen LogP contribution in [0.4, 0.5) is 27.9 Å². The number of anilines is 4. The molecule has 2 heterocycles. The van der Waals surface area contributed by atoms with Crippen LogP contribution in [0.5, 0.6) is 0 Å². The molecular formula is C33H36Cl2N6O2. The predicted octanol–water partition coefficient (Wildman–Crippen LogP) is 7.87. The number of halogens is 2. The molecule has 4 aromatic rings. The molecule has 224 valence electrons. The molecular weight excluding hydrogens is 583 g/mol. The summed E-state index contributed by atoms with van der Waals surface area (Å²) < 4.78 is 0. The zero-order chi connectivity index (χ0) is 30.8. The zero-order valence-corrected chi connectivity index (χ0v) is 26.5. The zero-order valence-electron chi connectivity index (χ0n) is 25.0. The van der Waals surface area contributed by atoms with Gasteiger partial charge in [-0.2, -0.15) is 4.98 Å². The van der Waals surface area contributed by atoms with Crippen LogP contribution in [0.1, 0.15) is 40.8 Å². The first-order chi connectivity index (χ1) is 20.5. The van der Waals surface area contributed by atoms with Crippen molar-refractivity contribution in [3.63, 3.8) is 0 Å². The minimum Gasteiger partial charge on any atom is -0.465 e. The lowest BCUT2D eigenvalue weighted by molar-refractivity contribution is 0.200. The molecule has 0 saturated carbocycles. The predicted molar refractivity (Wildman–Crippen MR) is 176 cm³/mol. The van der Waals surface area contributed by atoms with E-state index in [1.807, 2.05) is 45.0 Å². The fourth-order valence-electron chi connectivity index (χ4n) is 5.82. The maximum atomic E-state index is 13.0. The van der Waals surface area contributed by atoms with Gasteiger partial charge >= 0.3 is 6.09 Å². The molecule has 0 spiro atoms. The highest BCUT2D eigenvalue weighted by Gasteiger charge is 2.33. The van der Waals surface area contributed by atoms with Crippen LogP contribution in [-0.4, -0.2) is 58.8 Å². The summed E-state index contributed by atoms with van der Waals surface area (Å²) in [6, 6.07) is 18.5. The smallest absolute Gasteiger partial charge is 0.413 e. The van der Waals surface area contributed by atoms with Gasteiger partial charge in [0.15, 0.2) is 0 Å². The molecule has 2 N–H and O–H groups in total. The molecule has 0 bridgehead atoms. The normalized spacial score (nSPS) is 16.2. The number of carboxylic acid groups (broad SMARTS) is 1. The van der Waals surface area contributed by atoms with Crippen molar-refractivity contribution >= 4 is 52.4 Å². The first kappa shape index (κ1) is 30.6. The van der Waals surface area contributed by atoms with Gasteiger partial charge in [0.2, 0.25) is 5.95 Å². The third-order valence-electron chi connectivity index (χ3n) is 8.06. The highest BCUT2D eigenvalue weighted by Crippen LogP contribution is 2.40. The van der Waals surface area contributed by atoms with Gasteiger partial charge in [-0.3, -0.25) is 0 Å². The van der Waals surface area contributed by atoms with Crippen LogP contribution in [0, 0.1) is 20.8 Å². The van der Waals surface area contributed by atoms with Gasteiger partial charge in [-0.1, -0.05) is 40.9 Å². The summed E-state index contributed by atoms with van der Waals surface area (Å²) in [7, 11) is 2.16. The van der Waals surface area contributed by atoms with E-state index in [0.29, 0.717) is 21.7 Å². The topological polar surface area (TPSA) is 84.8 Å². The van der Waals surface area contributed by atoms with E-state index in [1.54, 1.807) is 30.5 Å². The molecule has 3 aromatic carbocycles. The SMILES string of the molecule is Cc1cc(C)c(C(c2cc(Cl)ccc2Cl)N(C(=O)O)c2ccnc(Nc3ccc(N4CCN(C)C(C)C4)cc3)n2)c(C)c1. The summed E-state index contributed by atoms with van der Waals surface area (Å²) in [4.78, 5) is 28.0. The standard InChI is InChI=1S/C33H36Cl2N6O2/c1-20-16-21(2)30(22(3)17-20)31(27-18-24(34)6-11-28(27)35)41(33(42)43)29-12-13-36-32(38-29)37-25-7-9-26(10-8-25)40-15-14-39(5)23(4)19-40/h6-13,16-18,23,31H,14-15,19H2,1-5H3,(H,42,43)(H,36,37,38). The monoisotopic (exact) mass is 618 g/mol. The van der Waals surface area contributed by atoms with Crippen molar-refractivity contribution in [2.75, 3.05) is 41.8 Å². The number of piperazine rings is 1. The number of hydrogen-bond donors (Lipinski definition) is 2. The number of rotatable bonds is 7. The van der Waals surface area contributed by atoms with Crippen LogP contribution in [0.15, 0.2) is 66.9 Å². The molecule has 2 atom stereocenters. The lowest BCUT2D eigenvalue weighted by Crippen LogP contribution is -2.50. The number of likely N-dealkylation sites (N-methyl/N-ethyl adjacent to an activating group) is 1. The fraction of sp³-hybridized carbons (Fsp3) is 0.303. The molecule has 1 aliphatic rings. The van der Waals surface area contributed by atoms with Crippen LogP contribution < -0.4 is 15.1 Å². The summed E-state index contributed by atoms with van der Waals surface area (Å²) in [5.74, 6) is 0.478. The largest absolute Gasteiger partial charge is 0.465 e. The van der Waals surface area contributed by atoms with Crippen LogP contribution in [-0.2, 0) is 0 Å².